The Bertz CT molecular complexity index is 898. The van der Waals surface area contributed by atoms with Crippen molar-refractivity contribution in [1.82, 2.24) is 9.97 Å². The molecule has 0 bridgehead atoms. The molecule has 26 heavy (non-hydrogen) atoms. The van der Waals surface area contributed by atoms with Crippen LogP contribution in [-0.4, -0.2) is 24.2 Å². The van der Waals surface area contributed by atoms with Crippen molar-refractivity contribution < 1.29 is 9.47 Å². The summed E-state index contributed by atoms with van der Waals surface area (Å²) in [5.74, 6) is 1.70. The Labute approximate surface area is 155 Å². The van der Waals surface area contributed by atoms with Crippen LogP contribution in [0.1, 0.15) is 52.7 Å². The van der Waals surface area contributed by atoms with Gasteiger partial charge in [0.15, 0.2) is 0 Å². The number of hydrogen-bond donors (Lipinski definition) is 0. The molecule has 0 amide bonds. The Hall–Kier alpha value is -2.36. The van der Waals surface area contributed by atoms with Crippen LogP contribution in [0.15, 0.2) is 24.3 Å². The first kappa shape index (κ1) is 18.4. The summed E-state index contributed by atoms with van der Waals surface area (Å²) in [4.78, 5) is 9.72. The highest BCUT2D eigenvalue weighted by atomic mass is 16.5. The van der Waals surface area contributed by atoms with Crippen LogP contribution in [0.25, 0.3) is 22.1 Å². The number of rotatable bonds is 2. The topological polar surface area (TPSA) is 44.2 Å². The lowest BCUT2D eigenvalue weighted by Crippen LogP contribution is -2.14. The molecule has 0 atom stereocenters. The van der Waals surface area contributed by atoms with Crippen molar-refractivity contribution in [3.63, 3.8) is 0 Å². The van der Waals surface area contributed by atoms with Gasteiger partial charge >= 0.3 is 0 Å². The highest BCUT2D eigenvalue weighted by Crippen LogP contribution is 2.37. The molecular formula is C22H28N2O2. The largest absolute Gasteiger partial charge is 0.496 e. The molecule has 3 aromatic rings. The molecule has 1 heterocycles. The first-order valence-electron chi connectivity index (χ1n) is 8.93. The molecule has 3 rings (SSSR count). The van der Waals surface area contributed by atoms with Crippen LogP contribution in [0.4, 0.5) is 0 Å². The van der Waals surface area contributed by atoms with Gasteiger partial charge in [0.1, 0.15) is 11.5 Å². The third kappa shape index (κ3) is 3.20. The van der Waals surface area contributed by atoms with E-state index >= 15 is 0 Å². The van der Waals surface area contributed by atoms with Gasteiger partial charge in [-0.2, -0.15) is 0 Å². The molecule has 2 aromatic carbocycles. The fourth-order valence-electron chi connectivity index (χ4n) is 3.24. The van der Waals surface area contributed by atoms with E-state index in [2.05, 4.69) is 53.7 Å². The van der Waals surface area contributed by atoms with Crippen molar-refractivity contribution in [3.8, 4) is 11.5 Å². The predicted molar refractivity (Wildman–Crippen MR) is 108 cm³/mol. The van der Waals surface area contributed by atoms with Gasteiger partial charge in [0.2, 0.25) is 0 Å². The number of aromatic nitrogens is 2. The summed E-state index contributed by atoms with van der Waals surface area (Å²) in [5.41, 5.74) is 5.59. The van der Waals surface area contributed by atoms with Crippen molar-refractivity contribution >= 4 is 22.1 Å². The van der Waals surface area contributed by atoms with Gasteiger partial charge in [0.05, 0.1) is 36.3 Å². The highest BCUT2D eigenvalue weighted by Gasteiger charge is 2.22. The molecule has 0 saturated carbocycles. The third-order valence-electron chi connectivity index (χ3n) is 4.69. The smallest absolute Gasteiger partial charge is 0.124 e. The molecule has 4 nitrogen and oxygen atoms in total. The Morgan fingerprint density at radius 3 is 1.15 bits per heavy atom. The van der Waals surface area contributed by atoms with E-state index in [4.69, 9.17) is 19.4 Å². The van der Waals surface area contributed by atoms with Gasteiger partial charge in [0.25, 0.3) is 0 Å². The lowest BCUT2D eigenvalue weighted by Gasteiger charge is -2.23. The normalized spacial score (nSPS) is 12.6. The van der Waals surface area contributed by atoms with E-state index < -0.39 is 0 Å². The molecule has 0 radical (unpaired) electrons. The number of nitrogens with zero attached hydrogens (tertiary/aromatic N) is 2. The van der Waals surface area contributed by atoms with E-state index in [9.17, 15) is 0 Å². The molecular weight excluding hydrogens is 324 g/mol. The minimum atomic E-state index is -0.0377. The van der Waals surface area contributed by atoms with E-state index in [0.29, 0.717) is 0 Å². The second-order valence-electron chi connectivity index (χ2n) is 8.81. The zero-order valence-corrected chi connectivity index (χ0v) is 17.0. The summed E-state index contributed by atoms with van der Waals surface area (Å²) in [6.07, 6.45) is 0. The van der Waals surface area contributed by atoms with E-state index in [-0.39, 0.29) is 10.8 Å². The maximum atomic E-state index is 5.62. The Morgan fingerprint density at radius 2 is 0.885 bits per heavy atom. The fraction of sp³-hybridized carbons (Fsp3) is 0.455. The monoisotopic (exact) mass is 352 g/mol. The molecule has 0 aliphatic heterocycles. The average Bonchev–Trinajstić information content (AvgIpc) is 2.55. The van der Waals surface area contributed by atoms with Gasteiger partial charge < -0.3 is 9.47 Å². The summed E-state index contributed by atoms with van der Waals surface area (Å²) in [7, 11) is 3.40. The van der Waals surface area contributed by atoms with Crippen molar-refractivity contribution in [3.05, 3.63) is 35.4 Å². The quantitative estimate of drug-likeness (QED) is 0.580. The number of ether oxygens (including phenoxy) is 2. The van der Waals surface area contributed by atoms with Gasteiger partial charge in [-0.15, -0.1) is 0 Å². The number of fused-ring (bicyclic) bond motifs is 2. The van der Waals surface area contributed by atoms with Gasteiger partial charge in [0, 0.05) is 23.3 Å². The van der Waals surface area contributed by atoms with E-state index in [1.807, 2.05) is 12.1 Å². The number of hydrogen-bond acceptors (Lipinski definition) is 4. The second-order valence-corrected chi connectivity index (χ2v) is 8.81. The zero-order valence-electron chi connectivity index (χ0n) is 17.0. The molecule has 1 aromatic heterocycles. The maximum Gasteiger partial charge on any atom is 0.124 e. The standard InChI is InChI=1S/C22H28N2O2/c1-21(2,3)13-9-15-17(11-19(13)25-7)24-16-10-14(22(4,5)6)20(26-8)12-18(16)23-15/h9-12H,1-8H3. The fourth-order valence-corrected chi connectivity index (χ4v) is 3.24. The second kappa shape index (κ2) is 6.11. The van der Waals surface area contributed by atoms with E-state index in [1.54, 1.807) is 14.2 Å². The molecule has 0 N–H and O–H groups in total. The van der Waals surface area contributed by atoms with Gasteiger partial charge in [-0.25, -0.2) is 9.97 Å². The summed E-state index contributed by atoms with van der Waals surface area (Å²) in [6, 6.07) is 8.15. The van der Waals surface area contributed by atoms with Crippen LogP contribution in [0.2, 0.25) is 0 Å². The summed E-state index contributed by atoms with van der Waals surface area (Å²) in [6.45, 7) is 13.0. The molecule has 0 aliphatic rings. The molecule has 0 saturated heterocycles. The van der Waals surface area contributed by atoms with Crippen LogP contribution in [0.5, 0.6) is 11.5 Å². The molecule has 0 unspecified atom stereocenters. The number of benzene rings is 2. The SMILES string of the molecule is COc1cc2nc3cc(C(C)(C)C)c(OC)cc3nc2cc1C(C)(C)C. The maximum absolute atomic E-state index is 5.62. The summed E-state index contributed by atoms with van der Waals surface area (Å²) >= 11 is 0. The molecule has 138 valence electrons. The van der Waals surface area contributed by atoms with Gasteiger partial charge in [-0.1, -0.05) is 41.5 Å². The average molecular weight is 352 g/mol. The molecule has 4 heteroatoms. The van der Waals surface area contributed by atoms with Crippen molar-refractivity contribution in [2.24, 2.45) is 0 Å². The predicted octanol–water partition coefficient (Wildman–Crippen LogP) is 5.40. The van der Waals surface area contributed by atoms with Crippen LogP contribution in [0, 0.1) is 0 Å². The highest BCUT2D eigenvalue weighted by molar-refractivity contribution is 5.89. The lowest BCUT2D eigenvalue weighted by atomic mass is 9.85. The lowest BCUT2D eigenvalue weighted by molar-refractivity contribution is 0.398. The first-order chi connectivity index (χ1) is 12.0. The minimum absolute atomic E-state index is 0.0377. The van der Waals surface area contributed by atoms with Crippen LogP contribution in [0.3, 0.4) is 0 Å². The van der Waals surface area contributed by atoms with E-state index in [0.717, 1.165) is 44.7 Å². The van der Waals surface area contributed by atoms with Gasteiger partial charge in [-0.05, 0) is 23.0 Å². The van der Waals surface area contributed by atoms with Crippen molar-refractivity contribution in [2.75, 3.05) is 14.2 Å². The summed E-state index contributed by atoms with van der Waals surface area (Å²) < 4.78 is 11.2. The van der Waals surface area contributed by atoms with E-state index in [1.165, 1.54) is 0 Å². The van der Waals surface area contributed by atoms with Crippen LogP contribution < -0.4 is 9.47 Å². The van der Waals surface area contributed by atoms with Crippen LogP contribution >= 0.6 is 0 Å². The Morgan fingerprint density at radius 1 is 0.577 bits per heavy atom. The third-order valence-corrected chi connectivity index (χ3v) is 4.69. The molecule has 0 spiro atoms. The molecule has 0 fully saturated rings. The first-order valence-corrected chi connectivity index (χ1v) is 8.93. The number of methoxy groups -OCH3 is 2. The Kier molecular flexibility index (Phi) is 4.33. The van der Waals surface area contributed by atoms with Crippen molar-refractivity contribution in [1.29, 1.82) is 0 Å². The summed E-state index contributed by atoms with van der Waals surface area (Å²) in [5, 5.41) is 0. The molecule has 0 aliphatic carbocycles. The zero-order chi connectivity index (χ0) is 19.3. The van der Waals surface area contributed by atoms with Crippen molar-refractivity contribution in [2.45, 2.75) is 52.4 Å². The Balaban J connectivity index is 2.33. The van der Waals surface area contributed by atoms with Gasteiger partial charge in [-0.3, -0.25) is 0 Å². The minimum Gasteiger partial charge on any atom is -0.496 e. The van der Waals surface area contributed by atoms with Crippen LogP contribution in [-0.2, 0) is 10.8 Å².